The highest BCUT2D eigenvalue weighted by atomic mass is 16.3. The summed E-state index contributed by atoms with van der Waals surface area (Å²) >= 11 is 0. The fraction of sp³-hybridized carbons (Fsp3) is 0.316. The minimum Gasteiger partial charge on any atom is -0.472 e. The zero-order valence-corrected chi connectivity index (χ0v) is 14.5. The lowest BCUT2D eigenvalue weighted by Crippen LogP contribution is -2.43. The first-order valence-corrected chi connectivity index (χ1v) is 8.53. The molecular weight excluding hydrogens is 334 g/mol. The Morgan fingerprint density at radius 2 is 1.77 bits per heavy atom. The summed E-state index contributed by atoms with van der Waals surface area (Å²) in [5, 5.41) is 5.56. The van der Waals surface area contributed by atoms with E-state index < -0.39 is 0 Å². The number of benzene rings is 1. The summed E-state index contributed by atoms with van der Waals surface area (Å²) in [6.07, 6.45) is 4.41. The maximum absolute atomic E-state index is 12.5. The molecule has 1 unspecified atom stereocenters. The first-order valence-electron chi connectivity index (χ1n) is 8.53. The van der Waals surface area contributed by atoms with Crippen molar-refractivity contribution in [1.82, 2.24) is 4.90 Å². The SMILES string of the molecule is CC(=O)Nc1ccc(NC(=O)C2CCCN(C(=O)c3ccoc3)C2)cc1. The molecule has 7 nitrogen and oxygen atoms in total. The lowest BCUT2D eigenvalue weighted by molar-refractivity contribution is -0.121. The quantitative estimate of drug-likeness (QED) is 0.882. The van der Waals surface area contributed by atoms with Crippen LogP contribution >= 0.6 is 0 Å². The number of carbonyl (C=O) groups is 3. The molecule has 136 valence electrons. The van der Waals surface area contributed by atoms with Gasteiger partial charge in [-0.05, 0) is 43.2 Å². The Hall–Kier alpha value is -3.09. The topological polar surface area (TPSA) is 91.7 Å². The highest BCUT2D eigenvalue weighted by Crippen LogP contribution is 2.21. The minimum absolute atomic E-state index is 0.109. The molecular formula is C19H21N3O4. The highest BCUT2D eigenvalue weighted by Gasteiger charge is 2.29. The number of carbonyl (C=O) groups excluding carboxylic acids is 3. The summed E-state index contributed by atoms with van der Waals surface area (Å²) in [6, 6.07) is 8.56. The molecule has 2 aromatic rings. The van der Waals surface area contributed by atoms with E-state index in [1.54, 1.807) is 35.2 Å². The average Bonchev–Trinajstić information content (AvgIpc) is 3.17. The van der Waals surface area contributed by atoms with Crippen molar-refractivity contribution in [3.63, 3.8) is 0 Å². The van der Waals surface area contributed by atoms with Gasteiger partial charge in [-0.2, -0.15) is 0 Å². The van der Waals surface area contributed by atoms with Gasteiger partial charge in [0.25, 0.3) is 5.91 Å². The predicted molar refractivity (Wildman–Crippen MR) is 96.7 cm³/mol. The molecule has 1 saturated heterocycles. The van der Waals surface area contributed by atoms with E-state index in [1.165, 1.54) is 19.5 Å². The fourth-order valence-electron chi connectivity index (χ4n) is 3.03. The number of hydrogen-bond acceptors (Lipinski definition) is 4. The molecule has 0 spiro atoms. The maximum Gasteiger partial charge on any atom is 0.257 e. The molecule has 0 aliphatic carbocycles. The fourth-order valence-corrected chi connectivity index (χ4v) is 3.03. The van der Waals surface area contributed by atoms with E-state index in [-0.39, 0.29) is 23.6 Å². The summed E-state index contributed by atoms with van der Waals surface area (Å²) in [7, 11) is 0. The Morgan fingerprint density at radius 3 is 2.38 bits per heavy atom. The van der Waals surface area contributed by atoms with Crippen LogP contribution in [0.4, 0.5) is 11.4 Å². The second-order valence-electron chi connectivity index (χ2n) is 6.35. The predicted octanol–water partition coefficient (Wildman–Crippen LogP) is 2.73. The van der Waals surface area contributed by atoms with Crippen LogP contribution in [0.5, 0.6) is 0 Å². The van der Waals surface area contributed by atoms with Crippen molar-refractivity contribution in [3.8, 4) is 0 Å². The van der Waals surface area contributed by atoms with Crippen LogP contribution in [0.1, 0.15) is 30.1 Å². The molecule has 26 heavy (non-hydrogen) atoms. The van der Waals surface area contributed by atoms with Crippen molar-refractivity contribution in [2.75, 3.05) is 23.7 Å². The first-order chi connectivity index (χ1) is 12.5. The van der Waals surface area contributed by atoms with Crippen molar-refractivity contribution >= 4 is 29.1 Å². The van der Waals surface area contributed by atoms with Crippen molar-refractivity contribution in [2.45, 2.75) is 19.8 Å². The van der Waals surface area contributed by atoms with Crippen LogP contribution < -0.4 is 10.6 Å². The van der Waals surface area contributed by atoms with Crippen LogP contribution in [0, 0.1) is 5.92 Å². The van der Waals surface area contributed by atoms with Crippen LogP contribution in [-0.4, -0.2) is 35.7 Å². The third-order valence-corrected chi connectivity index (χ3v) is 4.32. The molecule has 1 aliphatic heterocycles. The zero-order chi connectivity index (χ0) is 18.5. The van der Waals surface area contributed by atoms with E-state index in [0.29, 0.717) is 30.0 Å². The van der Waals surface area contributed by atoms with Gasteiger partial charge in [-0.1, -0.05) is 0 Å². The Bertz CT molecular complexity index is 784. The van der Waals surface area contributed by atoms with E-state index >= 15 is 0 Å². The zero-order valence-electron chi connectivity index (χ0n) is 14.5. The largest absolute Gasteiger partial charge is 0.472 e. The Kier molecular flexibility index (Phi) is 5.36. The van der Waals surface area contributed by atoms with Crippen LogP contribution in [0.3, 0.4) is 0 Å². The van der Waals surface area contributed by atoms with Gasteiger partial charge in [-0.3, -0.25) is 14.4 Å². The second kappa shape index (κ2) is 7.86. The molecule has 2 heterocycles. The van der Waals surface area contributed by atoms with E-state index in [1.807, 2.05) is 0 Å². The molecule has 0 bridgehead atoms. The Balaban J connectivity index is 1.59. The van der Waals surface area contributed by atoms with Crippen LogP contribution in [0.15, 0.2) is 47.3 Å². The number of amides is 3. The molecule has 3 amide bonds. The van der Waals surface area contributed by atoms with Gasteiger partial charge in [0.05, 0.1) is 17.7 Å². The lowest BCUT2D eigenvalue weighted by Gasteiger charge is -2.31. The van der Waals surface area contributed by atoms with Crippen molar-refractivity contribution in [1.29, 1.82) is 0 Å². The van der Waals surface area contributed by atoms with E-state index in [9.17, 15) is 14.4 Å². The number of anilines is 2. The summed E-state index contributed by atoms with van der Waals surface area (Å²) in [4.78, 5) is 37.7. The van der Waals surface area contributed by atoms with E-state index in [4.69, 9.17) is 4.42 Å². The van der Waals surface area contributed by atoms with Crippen molar-refractivity contribution in [3.05, 3.63) is 48.4 Å². The third kappa shape index (κ3) is 4.30. The molecule has 3 rings (SSSR count). The van der Waals surface area contributed by atoms with Crippen molar-refractivity contribution < 1.29 is 18.8 Å². The first kappa shape index (κ1) is 17.7. The number of rotatable bonds is 4. The van der Waals surface area contributed by atoms with Crippen molar-refractivity contribution in [2.24, 2.45) is 5.92 Å². The van der Waals surface area contributed by atoms with Crippen LogP contribution in [-0.2, 0) is 9.59 Å². The van der Waals surface area contributed by atoms with Gasteiger partial charge in [-0.15, -0.1) is 0 Å². The van der Waals surface area contributed by atoms with Gasteiger partial charge in [0, 0.05) is 31.4 Å². The molecule has 2 N–H and O–H groups in total. The van der Waals surface area contributed by atoms with Gasteiger partial charge >= 0.3 is 0 Å². The number of nitrogens with zero attached hydrogens (tertiary/aromatic N) is 1. The third-order valence-electron chi connectivity index (χ3n) is 4.32. The number of furan rings is 1. The van der Waals surface area contributed by atoms with Crippen LogP contribution in [0.25, 0.3) is 0 Å². The molecule has 1 atom stereocenters. The van der Waals surface area contributed by atoms with Gasteiger partial charge in [0.2, 0.25) is 11.8 Å². The van der Waals surface area contributed by atoms with Crippen LogP contribution in [0.2, 0.25) is 0 Å². The number of piperidine rings is 1. The molecule has 1 aromatic heterocycles. The maximum atomic E-state index is 12.5. The number of likely N-dealkylation sites (tertiary alicyclic amines) is 1. The van der Waals surface area contributed by atoms with E-state index in [0.717, 1.165) is 12.8 Å². The van der Waals surface area contributed by atoms with Gasteiger partial charge in [0.1, 0.15) is 6.26 Å². The smallest absolute Gasteiger partial charge is 0.257 e. The molecule has 1 aromatic carbocycles. The van der Waals surface area contributed by atoms with Gasteiger partial charge in [-0.25, -0.2) is 0 Å². The van der Waals surface area contributed by atoms with E-state index in [2.05, 4.69) is 10.6 Å². The number of nitrogens with one attached hydrogen (secondary N) is 2. The standard InChI is InChI=1S/C19H21N3O4/c1-13(23)20-16-4-6-17(7-5-16)21-18(24)14-3-2-9-22(11-14)19(25)15-8-10-26-12-15/h4-8,10,12,14H,2-3,9,11H2,1H3,(H,20,23)(H,21,24). The molecule has 7 heteroatoms. The summed E-state index contributed by atoms with van der Waals surface area (Å²) < 4.78 is 4.96. The normalized spacial score (nSPS) is 16.8. The average molecular weight is 355 g/mol. The molecule has 1 fully saturated rings. The lowest BCUT2D eigenvalue weighted by atomic mass is 9.96. The molecule has 0 radical (unpaired) electrons. The summed E-state index contributed by atoms with van der Waals surface area (Å²) in [6.45, 7) is 2.47. The summed E-state index contributed by atoms with van der Waals surface area (Å²) in [5.41, 5.74) is 1.83. The Labute approximate surface area is 151 Å². The minimum atomic E-state index is -0.255. The van der Waals surface area contributed by atoms with Gasteiger partial charge in [0.15, 0.2) is 0 Å². The molecule has 1 aliphatic rings. The summed E-state index contributed by atoms with van der Waals surface area (Å²) in [5.74, 6) is -0.626. The number of hydrogen-bond donors (Lipinski definition) is 2. The monoisotopic (exact) mass is 355 g/mol. The molecule has 0 saturated carbocycles. The highest BCUT2D eigenvalue weighted by molar-refractivity contribution is 5.96. The van der Waals surface area contributed by atoms with Gasteiger partial charge < -0.3 is 20.0 Å². The Morgan fingerprint density at radius 1 is 1.08 bits per heavy atom. The second-order valence-corrected chi connectivity index (χ2v) is 6.35.